The van der Waals surface area contributed by atoms with Gasteiger partial charge in [0, 0.05) is 38.2 Å². The van der Waals surface area contributed by atoms with Gasteiger partial charge in [-0.1, -0.05) is 30.3 Å². The molecule has 4 rings (SSSR count). The largest absolute Gasteiger partial charge is 0.492 e. The Morgan fingerprint density at radius 1 is 1.22 bits per heavy atom. The van der Waals surface area contributed by atoms with Crippen LogP contribution in [0.1, 0.15) is 27.4 Å². The Kier molecular flexibility index (Phi) is 4.36. The molecule has 2 heterocycles. The van der Waals surface area contributed by atoms with Crippen molar-refractivity contribution in [1.29, 1.82) is 0 Å². The van der Waals surface area contributed by atoms with Crippen LogP contribution in [0.4, 0.5) is 0 Å². The van der Waals surface area contributed by atoms with E-state index in [0.29, 0.717) is 25.2 Å². The smallest absolute Gasteiger partial charge is 0.315 e. The summed E-state index contributed by atoms with van der Waals surface area (Å²) in [6, 6.07) is 15.1. The van der Waals surface area contributed by atoms with Crippen LogP contribution in [-0.2, 0) is 11.3 Å². The van der Waals surface area contributed by atoms with E-state index in [2.05, 4.69) is 10.2 Å². The van der Waals surface area contributed by atoms with Crippen LogP contribution in [0, 0.1) is 5.41 Å². The summed E-state index contributed by atoms with van der Waals surface area (Å²) < 4.78 is 5.80. The Bertz CT molecular complexity index is 880. The van der Waals surface area contributed by atoms with Crippen molar-refractivity contribution >= 4 is 11.9 Å². The lowest BCUT2D eigenvalue weighted by Crippen LogP contribution is -2.45. The van der Waals surface area contributed by atoms with Gasteiger partial charge in [0.05, 0.1) is 0 Å². The van der Waals surface area contributed by atoms with Crippen molar-refractivity contribution in [3.63, 3.8) is 0 Å². The first-order valence-electron chi connectivity index (χ1n) is 9.02. The second-order valence-corrected chi connectivity index (χ2v) is 7.29. The van der Waals surface area contributed by atoms with Crippen molar-refractivity contribution in [2.45, 2.75) is 12.5 Å². The van der Waals surface area contributed by atoms with Gasteiger partial charge in [0.1, 0.15) is 17.8 Å². The summed E-state index contributed by atoms with van der Waals surface area (Å²) in [5.74, 6) is -0.229. The number of carboxylic acids is 1. The van der Waals surface area contributed by atoms with Gasteiger partial charge in [-0.05, 0) is 29.3 Å². The lowest BCUT2D eigenvalue weighted by molar-refractivity contribution is -0.151. The highest BCUT2D eigenvalue weighted by molar-refractivity contribution is 5.93. The maximum atomic E-state index is 12.2. The Labute approximate surface area is 157 Å². The number of fused-ring (bicyclic) bond motifs is 3. The third kappa shape index (κ3) is 2.96. The van der Waals surface area contributed by atoms with E-state index in [0.717, 1.165) is 16.9 Å². The lowest BCUT2D eigenvalue weighted by atomic mass is 9.73. The van der Waals surface area contributed by atoms with Crippen molar-refractivity contribution in [2.24, 2.45) is 5.41 Å². The third-order valence-electron chi connectivity index (χ3n) is 5.67. The van der Waals surface area contributed by atoms with Crippen molar-refractivity contribution in [3.8, 4) is 5.75 Å². The summed E-state index contributed by atoms with van der Waals surface area (Å²) in [7, 11) is 1.60. The molecule has 2 N–H and O–H groups in total. The van der Waals surface area contributed by atoms with Crippen LogP contribution in [-0.4, -0.2) is 48.6 Å². The number of benzene rings is 2. The summed E-state index contributed by atoms with van der Waals surface area (Å²) in [6.07, 6.45) is 0. The quantitative estimate of drug-likeness (QED) is 0.866. The molecule has 2 aromatic rings. The Morgan fingerprint density at radius 2 is 1.96 bits per heavy atom. The summed E-state index contributed by atoms with van der Waals surface area (Å²) in [4.78, 5) is 26.0. The van der Waals surface area contributed by atoms with Crippen molar-refractivity contribution < 1.29 is 19.4 Å². The van der Waals surface area contributed by atoms with Gasteiger partial charge in [0.2, 0.25) is 0 Å². The molecule has 1 amide bonds. The molecular weight excluding hydrogens is 344 g/mol. The van der Waals surface area contributed by atoms with Gasteiger partial charge < -0.3 is 15.2 Å². The van der Waals surface area contributed by atoms with E-state index in [-0.39, 0.29) is 18.4 Å². The molecule has 1 saturated heterocycles. The minimum Gasteiger partial charge on any atom is -0.492 e. The molecule has 0 saturated carbocycles. The average molecular weight is 366 g/mol. The van der Waals surface area contributed by atoms with Gasteiger partial charge in [-0.15, -0.1) is 0 Å². The van der Waals surface area contributed by atoms with E-state index in [1.165, 1.54) is 0 Å². The number of para-hydroxylation sites is 1. The van der Waals surface area contributed by atoms with Crippen molar-refractivity contribution in [1.82, 2.24) is 10.2 Å². The normalized spacial score (nSPS) is 23.8. The number of carboxylic acid groups (broad SMARTS) is 1. The molecule has 0 unspecified atom stereocenters. The molecule has 6 nitrogen and oxygen atoms in total. The predicted octanol–water partition coefficient (Wildman–Crippen LogP) is 2.11. The third-order valence-corrected chi connectivity index (χ3v) is 5.67. The fraction of sp³-hybridized carbons (Fsp3) is 0.333. The zero-order valence-corrected chi connectivity index (χ0v) is 15.1. The predicted molar refractivity (Wildman–Crippen MR) is 99.9 cm³/mol. The van der Waals surface area contributed by atoms with Gasteiger partial charge >= 0.3 is 5.97 Å². The van der Waals surface area contributed by atoms with E-state index in [1.807, 2.05) is 36.4 Å². The molecule has 140 valence electrons. The number of nitrogens with one attached hydrogen (secondary N) is 1. The fourth-order valence-electron chi connectivity index (χ4n) is 4.22. The molecule has 0 radical (unpaired) electrons. The highest BCUT2D eigenvalue weighted by Gasteiger charge is 2.56. The lowest BCUT2D eigenvalue weighted by Gasteiger charge is -2.35. The Hall–Kier alpha value is -2.86. The number of likely N-dealkylation sites (tertiary alicyclic amines) is 1. The molecule has 6 heteroatoms. The first-order chi connectivity index (χ1) is 13.0. The van der Waals surface area contributed by atoms with E-state index in [4.69, 9.17) is 4.74 Å². The SMILES string of the molecule is CNC(=O)c1ccc(CN2C[C@H]3c4ccccc4OC[C@@]3(C(=O)O)C2)cc1. The van der Waals surface area contributed by atoms with Crippen molar-refractivity contribution in [3.05, 3.63) is 65.2 Å². The van der Waals surface area contributed by atoms with E-state index >= 15 is 0 Å². The number of carbonyl (C=O) groups is 2. The first kappa shape index (κ1) is 17.5. The van der Waals surface area contributed by atoms with Gasteiger partial charge in [-0.25, -0.2) is 0 Å². The molecule has 0 spiro atoms. The number of ether oxygens (including phenoxy) is 1. The summed E-state index contributed by atoms with van der Waals surface area (Å²) in [5.41, 5.74) is 1.72. The molecular formula is C21H22N2O4. The first-order valence-corrected chi connectivity index (χ1v) is 9.02. The van der Waals surface area contributed by atoms with Gasteiger partial charge in [-0.2, -0.15) is 0 Å². The van der Waals surface area contributed by atoms with Crippen LogP contribution in [0.5, 0.6) is 5.75 Å². The minimum atomic E-state index is -0.920. The second kappa shape index (κ2) is 6.70. The number of rotatable bonds is 4. The zero-order valence-electron chi connectivity index (χ0n) is 15.1. The number of hydrogen-bond donors (Lipinski definition) is 2. The van der Waals surface area contributed by atoms with E-state index in [1.54, 1.807) is 19.2 Å². The molecule has 27 heavy (non-hydrogen) atoms. The summed E-state index contributed by atoms with van der Waals surface area (Å²) in [6.45, 7) is 1.94. The number of nitrogens with zero attached hydrogens (tertiary/aromatic N) is 1. The number of aliphatic carboxylic acids is 1. The summed E-state index contributed by atoms with van der Waals surface area (Å²) in [5, 5.41) is 12.6. The molecule has 1 fully saturated rings. The minimum absolute atomic E-state index is 0.0925. The van der Waals surface area contributed by atoms with Gasteiger partial charge in [-0.3, -0.25) is 14.5 Å². The molecule has 2 aromatic carbocycles. The maximum absolute atomic E-state index is 12.2. The topological polar surface area (TPSA) is 78.9 Å². The monoisotopic (exact) mass is 366 g/mol. The van der Waals surface area contributed by atoms with Crippen LogP contribution < -0.4 is 10.1 Å². The zero-order chi connectivity index (χ0) is 19.0. The maximum Gasteiger partial charge on any atom is 0.315 e. The Balaban J connectivity index is 1.57. The van der Waals surface area contributed by atoms with Crippen LogP contribution in [0.2, 0.25) is 0 Å². The highest BCUT2D eigenvalue weighted by Crippen LogP contribution is 2.49. The summed E-state index contributed by atoms with van der Waals surface area (Å²) >= 11 is 0. The molecule has 2 aliphatic heterocycles. The number of amides is 1. The van der Waals surface area contributed by atoms with Crippen molar-refractivity contribution in [2.75, 3.05) is 26.7 Å². The van der Waals surface area contributed by atoms with E-state index < -0.39 is 11.4 Å². The molecule has 2 aliphatic rings. The second-order valence-electron chi connectivity index (χ2n) is 7.29. The van der Waals surface area contributed by atoms with Crippen LogP contribution in [0.3, 0.4) is 0 Å². The standard InChI is InChI=1S/C21H22N2O4/c1-22-19(24)15-8-6-14(7-9-15)10-23-11-17-16-4-2-3-5-18(16)27-13-21(17,12-23)20(25)26/h2-9,17H,10-13H2,1H3,(H,22,24)(H,25,26)/t17-,21-/m0/s1. The Morgan fingerprint density at radius 3 is 2.67 bits per heavy atom. The molecule has 0 aromatic heterocycles. The average Bonchev–Trinajstić information content (AvgIpc) is 3.08. The fourth-order valence-corrected chi connectivity index (χ4v) is 4.22. The van der Waals surface area contributed by atoms with Crippen LogP contribution >= 0.6 is 0 Å². The number of carbonyl (C=O) groups excluding carboxylic acids is 1. The molecule has 0 bridgehead atoms. The van der Waals surface area contributed by atoms with Gasteiger partial charge in [0.15, 0.2) is 0 Å². The van der Waals surface area contributed by atoms with Gasteiger partial charge in [0.25, 0.3) is 5.91 Å². The highest BCUT2D eigenvalue weighted by atomic mass is 16.5. The van der Waals surface area contributed by atoms with Crippen LogP contribution in [0.25, 0.3) is 0 Å². The van der Waals surface area contributed by atoms with E-state index in [9.17, 15) is 14.7 Å². The molecule has 0 aliphatic carbocycles. The van der Waals surface area contributed by atoms with Crippen LogP contribution in [0.15, 0.2) is 48.5 Å². The molecule has 2 atom stereocenters. The number of hydrogen-bond acceptors (Lipinski definition) is 4.